The molecule has 1 aliphatic heterocycles. The van der Waals surface area contributed by atoms with Gasteiger partial charge in [0.05, 0.1) is 6.54 Å². The van der Waals surface area contributed by atoms with Crippen molar-refractivity contribution in [2.45, 2.75) is 18.4 Å². The molecule has 1 heterocycles. The summed E-state index contributed by atoms with van der Waals surface area (Å²) >= 11 is 0. The number of aliphatic carboxylic acids is 1. The van der Waals surface area contributed by atoms with Crippen LogP contribution < -0.4 is 5.32 Å². The van der Waals surface area contributed by atoms with E-state index in [2.05, 4.69) is 5.32 Å². The topological polar surface area (TPSA) is 75.6 Å². The molecule has 0 aliphatic carbocycles. The van der Waals surface area contributed by atoms with E-state index in [9.17, 15) is 9.59 Å². The summed E-state index contributed by atoms with van der Waals surface area (Å²) in [5.74, 6) is -1.14. The number of methoxy groups -OCH3 is 1. The number of carboxylic acid groups (broad SMARTS) is 1. The molecule has 5 heteroatoms. The van der Waals surface area contributed by atoms with Gasteiger partial charge in [0.25, 0.3) is 0 Å². The standard InChI is InChI=1S/C7H11NO4/c1-12-7(6(10)11)3-2-5(9)8-4-7/h2-4H2,1H3,(H,8,9)(H,10,11). The summed E-state index contributed by atoms with van der Waals surface area (Å²) in [5, 5.41) is 11.3. The highest BCUT2D eigenvalue weighted by molar-refractivity contribution is 5.84. The molecule has 2 N–H and O–H groups in total. The highest BCUT2D eigenvalue weighted by Crippen LogP contribution is 2.20. The van der Waals surface area contributed by atoms with E-state index in [1.807, 2.05) is 0 Å². The molecule has 0 aromatic heterocycles. The minimum Gasteiger partial charge on any atom is -0.479 e. The van der Waals surface area contributed by atoms with E-state index in [-0.39, 0.29) is 25.3 Å². The Morgan fingerprint density at radius 3 is 2.75 bits per heavy atom. The Bertz CT molecular complexity index is 203. The minimum absolute atomic E-state index is 0.0532. The lowest BCUT2D eigenvalue weighted by Crippen LogP contribution is -2.54. The summed E-state index contributed by atoms with van der Waals surface area (Å²) in [6, 6.07) is 0. The molecule has 68 valence electrons. The summed E-state index contributed by atoms with van der Waals surface area (Å²) in [6.45, 7) is 0.0532. The van der Waals surface area contributed by atoms with Gasteiger partial charge in [0.15, 0.2) is 5.60 Å². The van der Waals surface area contributed by atoms with E-state index in [0.717, 1.165) is 0 Å². The van der Waals surface area contributed by atoms with Crippen molar-refractivity contribution in [2.75, 3.05) is 13.7 Å². The zero-order valence-electron chi connectivity index (χ0n) is 6.79. The van der Waals surface area contributed by atoms with Gasteiger partial charge >= 0.3 is 5.97 Å². The first-order chi connectivity index (χ1) is 5.60. The van der Waals surface area contributed by atoms with Crippen molar-refractivity contribution < 1.29 is 19.4 Å². The third kappa shape index (κ3) is 1.40. The number of hydrogen-bond acceptors (Lipinski definition) is 3. The molecule has 1 atom stereocenters. The molecule has 1 fully saturated rings. The number of ether oxygens (including phenoxy) is 1. The number of nitrogens with one attached hydrogen (secondary N) is 1. The van der Waals surface area contributed by atoms with E-state index in [4.69, 9.17) is 9.84 Å². The first kappa shape index (κ1) is 8.99. The predicted molar refractivity (Wildman–Crippen MR) is 39.6 cm³/mol. The van der Waals surface area contributed by atoms with Crippen LogP contribution in [0.4, 0.5) is 0 Å². The normalized spacial score (nSPS) is 29.6. The van der Waals surface area contributed by atoms with Crippen molar-refractivity contribution in [3.05, 3.63) is 0 Å². The fourth-order valence-electron chi connectivity index (χ4n) is 1.18. The molecule has 1 amide bonds. The molecule has 0 spiro atoms. The highest BCUT2D eigenvalue weighted by atomic mass is 16.5. The van der Waals surface area contributed by atoms with E-state index < -0.39 is 11.6 Å². The third-order valence-corrected chi connectivity index (χ3v) is 2.11. The summed E-state index contributed by atoms with van der Waals surface area (Å²) in [7, 11) is 1.34. The van der Waals surface area contributed by atoms with Gasteiger partial charge in [-0.1, -0.05) is 0 Å². The molecule has 1 saturated heterocycles. The molecule has 1 aliphatic rings. The van der Waals surface area contributed by atoms with E-state index in [1.54, 1.807) is 0 Å². The molecule has 0 radical (unpaired) electrons. The van der Waals surface area contributed by atoms with Crippen LogP contribution in [0, 0.1) is 0 Å². The Morgan fingerprint density at radius 1 is 1.75 bits per heavy atom. The average Bonchev–Trinajstić information content (AvgIpc) is 2.06. The van der Waals surface area contributed by atoms with Gasteiger partial charge in [-0.25, -0.2) is 4.79 Å². The molecule has 0 bridgehead atoms. The maximum atomic E-state index is 10.7. The zero-order valence-corrected chi connectivity index (χ0v) is 6.79. The number of rotatable bonds is 2. The van der Waals surface area contributed by atoms with E-state index >= 15 is 0 Å². The number of hydrogen-bond donors (Lipinski definition) is 2. The molecule has 1 rings (SSSR count). The Balaban J connectivity index is 2.69. The summed E-state index contributed by atoms with van der Waals surface area (Å²) in [6.07, 6.45) is 0.449. The van der Waals surface area contributed by atoms with Crippen molar-refractivity contribution in [2.24, 2.45) is 0 Å². The molecular weight excluding hydrogens is 162 g/mol. The van der Waals surface area contributed by atoms with Gasteiger partial charge in [-0.15, -0.1) is 0 Å². The molecular formula is C7H11NO4. The lowest BCUT2D eigenvalue weighted by atomic mass is 9.94. The molecule has 5 nitrogen and oxygen atoms in total. The number of amides is 1. The minimum atomic E-state index is -1.21. The lowest BCUT2D eigenvalue weighted by Gasteiger charge is -2.31. The van der Waals surface area contributed by atoms with Crippen LogP contribution in [0.1, 0.15) is 12.8 Å². The predicted octanol–water partition coefficient (Wildman–Crippen LogP) is -0.634. The summed E-state index contributed by atoms with van der Waals surface area (Å²) in [5.41, 5.74) is -1.21. The van der Waals surface area contributed by atoms with Crippen LogP contribution in [-0.2, 0) is 14.3 Å². The molecule has 1 unspecified atom stereocenters. The highest BCUT2D eigenvalue weighted by Gasteiger charge is 2.41. The average molecular weight is 173 g/mol. The van der Waals surface area contributed by atoms with Crippen molar-refractivity contribution in [1.29, 1.82) is 0 Å². The van der Waals surface area contributed by atoms with Gasteiger partial charge in [-0.05, 0) is 6.42 Å². The van der Waals surface area contributed by atoms with E-state index in [0.29, 0.717) is 0 Å². The van der Waals surface area contributed by atoms with Crippen LogP contribution >= 0.6 is 0 Å². The second-order valence-corrected chi connectivity index (χ2v) is 2.78. The fraction of sp³-hybridized carbons (Fsp3) is 0.714. The number of carbonyl (C=O) groups excluding carboxylic acids is 1. The van der Waals surface area contributed by atoms with Crippen molar-refractivity contribution in [3.8, 4) is 0 Å². The quantitative estimate of drug-likeness (QED) is 0.582. The second kappa shape index (κ2) is 3.10. The van der Waals surface area contributed by atoms with Crippen molar-refractivity contribution >= 4 is 11.9 Å². The number of carboxylic acids is 1. The first-order valence-corrected chi connectivity index (χ1v) is 3.66. The van der Waals surface area contributed by atoms with Crippen LogP contribution in [0.25, 0.3) is 0 Å². The van der Waals surface area contributed by atoms with Crippen LogP contribution in [0.2, 0.25) is 0 Å². The molecule has 0 aromatic rings. The summed E-state index contributed by atoms with van der Waals surface area (Å²) in [4.78, 5) is 21.5. The van der Waals surface area contributed by atoms with Gasteiger partial charge in [0, 0.05) is 13.5 Å². The maximum Gasteiger partial charge on any atom is 0.337 e. The Kier molecular flexibility index (Phi) is 2.32. The smallest absolute Gasteiger partial charge is 0.337 e. The number of carbonyl (C=O) groups is 2. The van der Waals surface area contributed by atoms with Crippen molar-refractivity contribution in [1.82, 2.24) is 5.32 Å². The van der Waals surface area contributed by atoms with Gasteiger partial charge < -0.3 is 15.2 Å². The lowest BCUT2D eigenvalue weighted by molar-refractivity contribution is -0.165. The largest absolute Gasteiger partial charge is 0.479 e. The first-order valence-electron chi connectivity index (χ1n) is 3.66. The summed E-state index contributed by atoms with van der Waals surface area (Å²) < 4.78 is 4.87. The molecule has 0 saturated carbocycles. The maximum absolute atomic E-state index is 10.7. The van der Waals surface area contributed by atoms with Gasteiger partial charge in [-0.3, -0.25) is 4.79 Å². The Hall–Kier alpha value is -1.10. The van der Waals surface area contributed by atoms with Crippen LogP contribution in [0.3, 0.4) is 0 Å². The Labute approximate surface area is 69.7 Å². The number of piperidine rings is 1. The third-order valence-electron chi connectivity index (χ3n) is 2.11. The van der Waals surface area contributed by atoms with E-state index in [1.165, 1.54) is 7.11 Å². The Morgan fingerprint density at radius 2 is 2.42 bits per heavy atom. The zero-order chi connectivity index (χ0) is 9.19. The van der Waals surface area contributed by atoms with Gasteiger partial charge in [0.1, 0.15) is 0 Å². The monoisotopic (exact) mass is 173 g/mol. The van der Waals surface area contributed by atoms with Gasteiger partial charge in [-0.2, -0.15) is 0 Å². The van der Waals surface area contributed by atoms with Gasteiger partial charge in [0.2, 0.25) is 5.91 Å². The SMILES string of the molecule is COC1(C(=O)O)CCC(=O)NC1. The molecule has 12 heavy (non-hydrogen) atoms. The van der Waals surface area contributed by atoms with Crippen molar-refractivity contribution in [3.63, 3.8) is 0 Å². The van der Waals surface area contributed by atoms with Crippen LogP contribution in [0.15, 0.2) is 0 Å². The van der Waals surface area contributed by atoms with Crippen LogP contribution in [0.5, 0.6) is 0 Å². The second-order valence-electron chi connectivity index (χ2n) is 2.78. The molecule has 0 aromatic carbocycles. The fourth-order valence-corrected chi connectivity index (χ4v) is 1.18. The van der Waals surface area contributed by atoms with Crippen LogP contribution in [-0.4, -0.2) is 36.2 Å².